The van der Waals surface area contributed by atoms with E-state index in [0.29, 0.717) is 24.7 Å². The molecule has 2 rings (SSSR count). The van der Waals surface area contributed by atoms with Crippen molar-refractivity contribution in [2.75, 3.05) is 13.1 Å². The number of aliphatic hydroxyl groups is 2. The van der Waals surface area contributed by atoms with E-state index in [1.165, 1.54) is 0 Å². The Morgan fingerprint density at radius 2 is 2.07 bits per heavy atom. The SMILES string of the molecule is OC1CN(Cc2cc(Cl)ccn2)CC1O. The third-order valence-corrected chi connectivity index (χ3v) is 2.73. The Balaban J connectivity index is 1.98. The fraction of sp³-hybridized carbons (Fsp3) is 0.500. The van der Waals surface area contributed by atoms with Crippen LogP contribution < -0.4 is 0 Å². The van der Waals surface area contributed by atoms with E-state index in [1.807, 2.05) is 4.90 Å². The van der Waals surface area contributed by atoms with Gasteiger partial charge in [-0.25, -0.2) is 0 Å². The van der Waals surface area contributed by atoms with Crippen LogP contribution in [0, 0.1) is 0 Å². The van der Waals surface area contributed by atoms with Gasteiger partial charge in [-0.15, -0.1) is 0 Å². The lowest BCUT2D eigenvalue weighted by molar-refractivity contribution is 0.0572. The zero-order valence-electron chi connectivity index (χ0n) is 8.17. The van der Waals surface area contributed by atoms with Crippen molar-refractivity contribution in [2.24, 2.45) is 0 Å². The summed E-state index contributed by atoms with van der Waals surface area (Å²) in [6.45, 7) is 1.57. The van der Waals surface area contributed by atoms with Gasteiger partial charge in [0, 0.05) is 30.9 Å². The summed E-state index contributed by atoms with van der Waals surface area (Å²) in [5.74, 6) is 0. The maximum atomic E-state index is 9.36. The van der Waals surface area contributed by atoms with E-state index in [-0.39, 0.29) is 0 Å². The number of pyridine rings is 1. The molecule has 1 aliphatic heterocycles. The fourth-order valence-corrected chi connectivity index (χ4v) is 1.92. The van der Waals surface area contributed by atoms with E-state index in [1.54, 1.807) is 18.3 Å². The van der Waals surface area contributed by atoms with Gasteiger partial charge < -0.3 is 10.2 Å². The maximum absolute atomic E-state index is 9.36. The molecule has 2 atom stereocenters. The highest BCUT2D eigenvalue weighted by Crippen LogP contribution is 2.15. The Morgan fingerprint density at radius 3 is 2.67 bits per heavy atom. The summed E-state index contributed by atoms with van der Waals surface area (Å²) in [5, 5.41) is 19.4. The van der Waals surface area contributed by atoms with Crippen LogP contribution in [0.3, 0.4) is 0 Å². The Bertz CT molecular complexity index is 338. The number of β-amino-alcohol motifs (C(OH)–C–C–N with tert-alkyl or cyclic N) is 2. The molecule has 0 amide bonds. The van der Waals surface area contributed by atoms with Crippen LogP contribution in [0.4, 0.5) is 0 Å². The monoisotopic (exact) mass is 228 g/mol. The second-order valence-corrected chi connectivity index (χ2v) is 4.23. The number of likely N-dealkylation sites (tertiary alicyclic amines) is 1. The summed E-state index contributed by atoms with van der Waals surface area (Å²) in [4.78, 5) is 6.12. The molecule has 5 heteroatoms. The number of hydrogen-bond donors (Lipinski definition) is 2. The summed E-state index contributed by atoms with van der Waals surface area (Å²) in [7, 11) is 0. The minimum atomic E-state index is -0.649. The van der Waals surface area contributed by atoms with Crippen molar-refractivity contribution in [1.82, 2.24) is 9.88 Å². The van der Waals surface area contributed by atoms with Crippen LogP contribution in [0.15, 0.2) is 18.3 Å². The topological polar surface area (TPSA) is 56.6 Å². The van der Waals surface area contributed by atoms with Crippen LogP contribution in [0.5, 0.6) is 0 Å². The first-order valence-electron chi connectivity index (χ1n) is 4.84. The predicted octanol–water partition coefficient (Wildman–Crippen LogP) is 0.272. The standard InChI is InChI=1S/C10H13ClN2O2/c11-7-1-2-12-8(3-7)4-13-5-9(14)10(15)6-13/h1-3,9-10,14-15H,4-6H2. The highest BCUT2D eigenvalue weighted by atomic mass is 35.5. The average Bonchev–Trinajstić information content (AvgIpc) is 2.45. The summed E-state index contributed by atoms with van der Waals surface area (Å²) < 4.78 is 0. The van der Waals surface area contributed by atoms with Crippen molar-refractivity contribution >= 4 is 11.6 Å². The number of aliphatic hydroxyl groups excluding tert-OH is 2. The van der Waals surface area contributed by atoms with E-state index < -0.39 is 12.2 Å². The highest BCUT2D eigenvalue weighted by Gasteiger charge is 2.29. The first-order valence-corrected chi connectivity index (χ1v) is 5.22. The molecule has 15 heavy (non-hydrogen) atoms. The minimum absolute atomic E-state index is 0.482. The summed E-state index contributed by atoms with van der Waals surface area (Å²) >= 11 is 5.83. The van der Waals surface area contributed by atoms with Crippen LogP contribution >= 0.6 is 11.6 Å². The second kappa shape index (κ2) is 4.45. The molecule has 2 N–H and O–H groups in total. The van der Waals surface area contributed by atoms with E-state index in [2.05, 4.69) is 4.98 Å². The van der Waals surface area contributed by atoms with Crippen molar-refractivity contribution < 1.29 is 10.2 Å². The van der Waals surface area contributed by atoms with Gasteiger partial charge in [-0.1, -0.05) is 11.6 Å². The van der Waals surface area contributed by atoms with E-state index >= 15 is 0 Å². The van der Waals surface area contributed by atoms with Crippen LogP contribution in [-0.2, 0) is 6.54 Å². The summed E-state index contributed by atoms with van der Waals surface area (Å²) in [5.41, 5.74) is 0.851. The second-order valence-electron chi connectivity index (χ2n) is 3.79. The van der Waals surface area contributed by atoms with Crippen LogP contribution in [0.25, 0.3) is 0 Å². The molecule has 82 valence electrons. The number of halogens is 1. The van der Waals surface area contributed by atoms with E-state index in [9.17, 15) is 10.2 Å². The van der Waals surface area contributed by atoms with Crippen LogP contribution in [0.2, 0.25) is 5.02 Å². The molecule has 2 heterocycles. The number of nitrogens with zero attached hydrogens (tertiary/aromatic N) is 2. The molecule has 0 spiro atoms. The van der Waals surface area contributed by atoms with Gasteiger partial charge in [0.05, 0.1) is 17.9 Å². The third-order valence-electron chi connectivity index (χ3n) is 2.50. The molecule has 0 radical (unpaired) electrons. The fourth-order valence-electron chi connectivity index (χ4n) is 1.74. The van der Waals surface area contributed by atoms with E-state index in [0.717, 1.165) is 5.69 Å². The number of hydrogen-bond acceptors (Lipinski definition) is 4. The van der Waals surface area contributed by atoms with Gasteiger partial charge in [0.2, 0.25) is 0 Å². The number of rotatable bonds is 2. The Hall–Kier alpha value is -0.680. The third kappa shape index (κ3) is 2.66. The maximum Gasteiger partial charge on any atom is 0.0938 e. The van der Waals surface area contributed by atoms with Gasteiger partial charge in [0.15, 0.2) is 0 Å². The van der Waals surface area contributed by atoms with Crippen molar-refractivity contribution in [3.63, 3.8) is 0 Å². The quantitative estimate of drug-likeness (QED) is 0.763. The molecule has 0 saturated carbocycles. The van der Waals surface area contributed by atoms with Gasteiger partial charge in [0.25, 0.3) is 0 Å². The molecule has 1 aromatic rings. The zero-order valence-corrected chi connectivity index (χ0v) is 8.93. The zero-order chi connectivity index (χ0) is 10.8. The highest BCUT2D eigenvalue weighted by molar-refractivity contribution is 6.30. The molecule has 1 aromatic heterocycles. The van der Waals surface area contributed by atoms with Crippen LogP contribution in [0.1, 0.15) is 5.69 Å². The Morgan fingerprint density at radius 1 is 1.40 bits per heavy atom. The average molecular weight is 229 g/mol. The molecule has 0 bridgehead atoms. The lowest BCUT2D eigenvalue weighted by atomic mass is 10.3. The molecule has 0 aliphatic carbocycles. The molecule has 1 saturated heterocycles. The Kier molecular flexibility index (Phi) is 3.21. The Labute approximate surface area is 93.1 Å². The molecule has 1 fully saturated rings. The van der Waals surface area contributed by atoms with E-state index in [4.69, 9.17) is 11.6 Å². The molecular weight excluding hydrogens is 216 g/mol. The first-order chi connectivity index (χ1) is 7.15. The van der Waals surface area contributed by atoms with Crippen molar-refractivity contribution in [2.45, 2.75) is 18.8 Å². The molecule has 2 unspecified atom stereocenters. The first kappa shape index (κ1) is 10.8. The molecule has 4 nitrogen and oxygen atoms in total. The van der Waals surface area contributed by atoms with Gasteiger partial charge in [-0.05, 0) is 12.1 Å². The normalized spacial score (nSPS) is 27.1. The van der Waals surface area contributed by atoms with Crippen molar-refractivity contribution in [3.8, 4) is 0 Å². The smallest absolute Gasteiger partial charge is 0.0938 e. The lowest BCUT2D eigenvalue weighted by Crippen LogP contribution is -2.22. The largest absolute Gasteiger partial charge is 0.389 e. The molecular formula is C10H13ClN2O2. The van der Waals surface area contributed by atoms with Gasteiger partial charge in [-0.3, -0.25) is 9.88 Å². The van der Waals surface area contributed by atoms with Crippen molar-refractivity contribution in [3.05, 3.63) is 29.0 Å². The van der Waals surface area contributed by atoms with Gasteiger partial charge in [-0.2, -0.15) is 0 Å². The molecule has 0 aromatic carbocycles. The van der Waals surface area contributed by atoms with Crippen molar-refractivity contribution in [1.29, 1.82) is 0 Å². The lowest BCUT2D eigenvalue weighted by Gasteiger charge is -2.13. The minimum Gasteiger partial charge on any atom is -0.389 e. The number of aromatic nitrogens is 1. The summed E-state index contributed by atoms with van der Waals surface area (Å²) in [6.07, 6.45) is 0.356. The van der Waals surface area contributed by atoms with Gasteiger partial charge in [0.1, 0.15) is 0 Å². The summed E-state index contributed by atoms with van der Waals surface area (Å²) in [6, 6.07) is 3.51. The predicted molar refractivity (Wildman–Crippen MR) is 56.5 cm³/mol. The van der Waals surface area contributed by atoms with Crippen LogP contribution in [-0.4, -0.2) is 45.4 Å². The molecule has 1 aliphatic rings. The van der Waals surface area contributed by atoms with Gasteiger partial charge >= 0.3 is 0 Å².